The molecule has 15 heavy (non-hydrogen) atoms. The smallest absolute Gasteiger partial charge is 0.315 e. The van der Waals surface area contributed by atoms with Gasteiger partial charge in [-0.05, 0) is 30.2 Å². The molecule has 1 atom stereocenters. The highest BCUT2D eigenvalue weighted by Gasteiger charge is 2.22. The van der Waals surface area contributed by atoms with Gasteiger partial charge in [0.2, 0.25) is 0 Å². The molecule has 1 aromatic carbocycles. The first kappa shape index (κ1) is 9.83. The predicted octanol–water partition coefficient (Wildman–Crippen LogP) is 1.36. The van der Waals surface area contributed by atoms with Gasteiger partial charge in [0.25, 0.3) is 0 Å². The molecule has 0 saturated carbocycles. The molecule has 1 saturated heterocycles. The van der Waals surface area contributed by atoms with Gasteiger partial charge in [0.1, 0.15) is 5.75 Å². The summed E-state index contributed by atoms with van der Waals surface area (Å²) < 4.78 is 5.13. The number of hydrogen-bond donors (Lipinski definition) is 2. The van der Waals surface area contributed by atoms with Crippen molar-refractivity contribution in [3.63, 3.8) is 0 Å². The largest absolute Gasteiger partial charge is 0.497 e. The van der Waals surface area contributed by atoms with Gasteiger partial charge in [0.05, 0.1) is 13.2 Å². The lowest BCUT2D eigenvalue weighted by atomic mass is 10.0. The Balaban J connectivity index is 2.25. The molecular formula is C11H14N2O2. The van der Waals surface area contributed by atoms with E-state index in [9.17, 15) is 4.79 Å². The average Bonchev–Trinajstić information content (AvgIpc) is 2.64. The minimum Gasteiger partial charge on any atom is -0.497 e. The molecule has 2 N–H and O–H groups in total. The molecule has 1 aromatic rings. The highest BCUT2D eigenvalue weighted by Crippen LogP contribution is 2.23. The van der Waals surface area contributed by atoms with Crippen molar-refractivity contribution in [2.75, 3.05) is 13.7 Å². The fraction of sp³-hybridized carbons (Fsp3) is 0.364. The van der Waals surface area contributed by atoms with Crippen molar-refractivity contribution in [1.29, 1.82) is 0 Å². The van der Waals surface area contributed by atoms with Gasteiger partial charge in [-0.3, -0.25) is 0 Å². The van der Waals surface area contributed by atoms with Crippen LogP contribution in [0.3, 0.4) is 0 Å². The predicted molar refractivity (Wildman–Crippen MR) is 57.0 cm³/mol. The normalized spacial score (nSPS) is 19.6. The van der Waals surface area contributed by atoms with Crippen LogP contribution in [0.25, 0.3) is 0 Å². The van der Waals surface area contributed by atoms with Gasteiger partial charge in [-0.1, -0.05) is 6.07 Å². The van der Waals surface area contributed by atoms with Crippen LogP contribution in [0.5, 0.6) is 5.75 Å². The monoisotopic (exact) mass is 206 g/mol. The maximum Gasteiger partial charge on any atom is 0.315 e. The van der Waals surface area contributed by atoms with E-state index in [0.29, 0.717) is 6.54 Å². The average molecular weight is 206 g/mol. The number of hydrogen-bond acceptors (Lipinski definition) is 2. The summed E-state index contributed by atoms with van der Waals surface area (Å²) in [5, 5.41) is 5.60. The molecular weight excluding hydrogens is 192 g/mol. The molecule has 0 bridgehead atoms. The highest BCUT2D eigenvalue weighted by atomic mass is 16.5. The third-order valence-electron chi connectivity index (χ3n) is 2.62. The van der Waals surface area contributed by atoms with Crippen molar-refractivity contribution in [3.8, 4) is 5.75 Å². The van der Waals surface area contributed by atoms with Crippen molar-refractivity contribution in [1.82, 2.24) is 10.6 Å². The lowest BCUT2D eigenvalue weighted by Crippen LogP contribution is -2.22. The van der Waals surface area contributed by atoms with Gasteiger partial charge in [0, 0.05) is 6.54 Å². The standard InChI is InChI=1S/C11H14N2O2/c1-7-5-8(15-2)3-4-9(7)10-6-12-11(14)13-10/h3-5,10H,6H2,1-2H3,(H2,12,13,14)/t10-/m0/s1. The molecule has 4 heteroatoms. The Morgan fingerprint density at radius 3 is 2.80 bits per heavy atom. The highest BCUT2D eigenvalue weighted by molar-refractivity contribution is 5.77. The number of ether oxygens (including phenoxy) is 1. The maximum atomic E-state index is 11.0. The second kappa shape index (κ2) is 3.81. The summed E-state index contributed by atoms with van der Waals surface area (Å²) in [7, 11) is 1.65. The molecule has 1 heterocycles. The summed E-state index contributed by atoms with van der Waals surface area (Å²) in [6.45, 7) is 2.66. The number of urea groups is 1. The topological polar surface area (TPSA) is 50.4 Å². The minimum atomic E-state index is -0.102. The third-order valence-corrected chi connectivity index (χ3v) is 2.62. The number of carbonyl (C=O) groups is 1. The number of rotatable bonds is 2. The molecule has 2 amide bonds. The van der Waals surface area contributed by atoms with Gasteiger partial charge in [0.15, 0.2) is 0 Å². The van der Waals surface area contributed by atoms with Gasteiger partial charge in [-0.25, -0.2) is 4.79 Å². The van der Waals surface area contributed by atoms with Crippen LogP contribution < -0.4 is 15.4 Å². The minimum absolute atomic E-state index is 0.0726. The third kappa shape index (κ3) is 1.88. The molecule has 0 unspecified atom stereocenters. The molecule has 1 aliphatic heterocycles. The van der Waals surface area contributed by atoms with Gasteiger partial charge < -0.3 is 15.4 Å². The van der Waals surface area contributed by atoms with E-state index in [1.807, 2.05) is 25.1 Å². The number of methoxy groups -OCH3 is 1. The van der Waals surface area contributed by atoms with E-state index in [1.165, 1.54) is 0 Å². The molecule has 1 fully saturated rings. The molecule has 1 aliphatic rings. The van der Waals surface area contributed by atoms with Crippen LogP contribution in [0.4, 0.5) is 4.79 Å². The van der Waals surface area contributed by atoms with E-state index in [2.05, 4.69) is 10.6 Å². The second-order valence-corrected chi connectivity index (χ2v) is 3.63. The van der Waals surface area contributed by atoms with Crippen molar-refractivity contribution in [2.45, 2.75) is 13.0 Å². The molecule has 4 nitrogen and oxygen atoms in total. The van der Waals surface area contributed by atoms with E-state index >= 15 is 0 Å². The number of aryl methyl sites for hydroxylation is 1. The van der Waals surface area contributed by atoms with E-state index in [-0.39, 0.29) is 12.1 Å². The Hall–Kier alpha value is -1.71. The Bertz CT molecular complexity index is 390. The fourth-order valence-corrected chi connectivity index (χ4v) is 1.81. The SMILES string of the molecule is COc1ccc([C@@H]2CNC(=O)N2)c(C)c1. The zero-order valence-electron chi connectivity index (χ0n) is 8.83. The van der Waals surface area contributed by atoms with E-state index in [1.54, 1.807) is 7.11 Å². The van der Waals surface area contributed by atoms with E-state index in [0.717, 1.165) is 16.9 Å². The van der Waals surface area contributed by atoms with Crippen LogP contribution in [0.15, 0.2) is 18.2 Å². The van der Waals surface area contributed by atoms with Gasteiger partial charge in [-0.2, -0.15) is 0 Å². The summed E-state index contributed by atoms with van der Waals surface area (Å²) in [5.41, 5.74) is 2.26. The Morgan fingerprint density at radius 2 is 2.27 bits per heavy atom. The molecule has 0 radical (unpaired) electrons. The van der Waals surface area contributed by atoms with Crippen molar-refractivity contribution >= 4 is 6.03 Å². The zero-order chi connectivity index (χ0) is 10.8. The Labute approximate surface area is 88.6 Å². The van der Waals surface area contributed by atoms with Crippen molar-refractivity contribution in [2.24, 2.45) is 0 Å². The van der Waals surface area contributed by atoms with Crippen LogP contribution >= 0.6 is 0 Å². The van der Waals surface area contributed by atoms with E-state index in [4.69, 9.17) is 4.74 Å². The quantitative estimate of drug-likeness (QED) is 0.767. The molecule has 0 spiro atoms. The number of benzene rings is 1. The lowest BCUT2D eigenvalue weighted by Gasteiger charge is -2.13. The maximum absolute atomic E-state index is 11.0. The van der Waals surface area contributed by atoms with Crippen LogP contribution in [0.1, 0.15) is 17.2 Å². The first-order valence-corrected chi connectivity index (χ1v) is 4.89. The first-order chi connectivity index (χ1) is 7.20. The molecule has 0 aromatic heterocycles. The first-order valence-electron chi connectivity index (χ1n) is 4.89. The summed E-state index contributed by atoms with van der Waals surface area (Å²) in [4.78, 5) is 11.0. The Morgan fingerprint density at radius 1 is 1.47 bits per heavy atom. The molecule has 0 aliphatic carbocycles. The van der Waals surface area contributed by atoms with Crippen LogP contribution in [0, 0.1) is 6.92 Å². The number of amides is 2. The number of carbonyl (C=O) groups excluding carboxylic acids is 1. The molecule has 2 rings (SSSR count). The van der Waals surface area contributed by atoms with Crippen molar-refractivity contribution in [3.05, 3.63) is 29.3 Å². The van der Waals surface area contributed by atoms with Crippen LogP contribution in [-0.2, 0) is 0 Å². The van der Waals surface area contributed by atoms with Gasteiger partial charge >= 0.3 is 6.03 Å². The van der Waals surface area contributed by atoms with Gasteiger partial charge in [-0.15, -0.1) is 0 Å². The summed E-state index contributed by atoms with van der Waals surface area (Å²) >= 11 is 0. The van der Waals surface area contributed by atoms with Crippen LogP contribution in [-0.4, -0.2) is 19.7 Å². The summed E-state index contributed by atoms with van der Waals surface area (Å²) in [6, 6.07) is 5.84. The zero-order valence-corrected chi connectivity index (χ0v) is 8.83. The summed E-state index contributed by atoms with van der Waals surface area (Å²) in [5.74, 6) is 0.841. The lowest BCUT2D eigenvalue weighted by molar-refractivity contribution is 0.247. The second-order valence-electron chi connectivity index (χ2n) is 3.63. The van der Waals surface area contributed by atoms with Crippen molar-refractivity contribution < 1.29 is 9.53 Å². The molecule has 80 valence electrons. The van der Waals surface area contributed by atoms with E-state index < -0.39 is 0 Å². The fourth-order valence-electron chi connectivity index (χ4n) is 1.81. The summed E-state index contributed by atoms with van der Waals surface area (Å²) in [6.07, 6.45) is 0. The Kier molecular flexibility index (Phi) is 2.49. The number of nitrogens with one attached hydrogen (secondary N) is 2. The van der Waals surface area contributed by atoms with Crippen LogP contribution in [0.2, 0.25) is 0 Å².